The van der Waals surface area contributed by atoms with E-state index in [1.807, 2.05) is 37.3 Å². The third kappa shape index (κ3) is 5.38. The van der Waals surface area contributed by atoms with Crippen molar-refractivity contribution in [2.24, 2.45) is 5.92 Å². The minimum atomic E-state index is -0.726. The highest BCUT2D eigenvalue weighted by molar-refractivity contribution is 5.65. The van der Waals surface area contributed by atoms with Crippen molar-refractivity contribution in [2.45, 2.75) is 51.4 Å². The van der Waals surface area contributed by atoms with Crippen molar-refractivity contribution in [1.29, 1.82) is 0 Å². The van der Waals surface area contributed by atoms with E-state index in [0.29, 0.717) is 47.8 Å². The molecule has 3 aromatic carbocycles. The van der Waals surface area contributed by atoms with Crippen LogP contribution in [0.4, 0.5) is 13.2 Å². The van der Waals surface area contributed by atoms with E-state index in [2.05, 4.69) is 6.58 Å². The zero-order chi connectivity index (χ0) is 24.1. The number of hydrogen-bond donors (Lipinski definition) is 0. The summed E-state index contributed by atoms with van der Waals surface area (Å²) >= 11 is 0. The van der Waals surface area contributed by atoms with E-state index in [1.165, 1.54) is 6.07 Å². The van der Waals surface area contributed by atoms with E-state index in [0.717, 1.165) is 36.8 Å². The van der Waals surface area contributed by atoms with Gasteiger partial charge in [-0.05, 0) is 91.7 Å². The van der Waals surface area contributed by atoms with Gasteiger partial charge in [0.15, 0.2) is 11.6 Å². The average Bonchev–Trinajstić information content (AvgIpc) is 2.86. The number of benzene rings is 3. The van der Waals surface area contributed by atoms with Crippen LogP contribution >= 0.6 is 0 Å². The molecule has 3 aromatic rings. The Balaban J connectivity index is 1.41. The van der Waals surface area contributed by atoms with Crippen molar-refractivity contribution >= 4 is 0 Å². The molecule has 1 aliphatic rings. The van der Waals surface area contributed by atoms with E-state index in [9.17, 15) is 13.2 Å². The fourth-order valence-corrected chi connectivity index (χ4v) is 4.90. The van der Waals surface area contributed by atoms with Gasteiger partial charge in [0.25, 0.3) is 0 Å². The molecule has 0 aromatic heterocycles. The monoisotopic (exact) mass is 464 g/mol. The maximum absolute atomic E-state index is 14.9. The fourth-order valence-electron chi connectivity index (χ4n) is 4.90. The third-order valence-corrected chi connectivity index (χ3v) is 6.94. The number of hydrogen-bond acceptors (Lipinski definition) is 1. The summed E-state index contributed by atoms with van der Waals surface area (Å²) in [5, 5.41) is 0. The minimum absolute atomic E-state index is 0.0790. The van der Waals surface area contributed by atoms with E-state index in [4.69, 9.17) is 4.74 Å². The Labute approximate surface area is 200 Å². The van der Waals surface area contributed by atoms with Crippen LogP contribution in [0.1, 0.15) is 55.2 Å². The van der Waals surface area contributed by atoms with Crippen LogP contribution in [0.5, 0.6) is 5.75 Å². The van der Waals surface area contributed by atoms with Crippen LogP contribution in [-0.2, 0) is 12.8 Å². The lowest BCUT2D eigenvalue weighted by Gasteiger charge is -2.27. The number of ether oxygens (including phenoxy) is 1. The molecule has 178 valence electrons. The van der Waals surface area contributed by atoms with E-state index < -0.39 is 11.6 Å². The summed E-state index contributed by atoms with van der Waals surface area (Å²) in [6, 6.07) is 15.9. The van der Waals surface area contributed by atoms with Crippen molar-refractivity contribution in [3.8, 4) is 16.9 Å². The molecule has 0 N–H and O–H groups in total. The molecule has 0 spiro atoms. The van der Waals surface area contributed by atoms with Crippen LogP contribution in [-0.4, -0.2) is 6.61 Å². The largest absolute Gasteiger partial charge is 0.494 e. The van der Waals surface area contributed by atoms with E-state index >= 15 is 0 Å². The maximum Gasteiger partial charge on any atom is 0.162 e. The molecule has 1 saturated carbocycles. The second kappa shape index (κ2) is 10.9. The molecule has 1 aliphatic carbocycles. The summed E-state index contributed by atoms with van der Waals surface area (Å²) in [5.41, 5.74) is 3.15. The molecule has 0 bridgehead atoms. The van der Waals surface area contributed by atoms with Crippen molar-refractivity contribution in [2.75, 3.05) is 6.61 Å². The van der Waals surface area contributed by atoms with Crippen molar-refractivity contribution in [3.63, 3.8) is 0 Å². The van der Waals surface area contributed by atoms with Crippen molar-refractivity contribution in [1.82, 2.24) is 0 Å². The molecule has 0 atom stereocenters. The topological polar surface area (TPSA) is 9.23 Å². The minimum Gasteiger partial charge on any atom is -0.494 e. The number of aryl methyl sites for hydroxylation is 2. The van der Waals surface area contributed by atoms with Crippen molar-refractivity contribution < 1.29 is 17.9 Å². The summed E-state index contributed by atoms with van der Waals surface area (Å²) in [6.45, 7) is 6.19. The standard InChI is InChI=1S/C30H31F3O/c1-3-20-5-10-23(11-6-20)27-17-15-24(29(32)30(27)33)14-9-21-7-12-22(13-8-21)26-18-16-25(34-4-2)19-28(26)31/h3,7-8,12-13,15-20,23H,1,4-6,9-11,14H2,2H3. The molecule has 0 saturated heterocycles. The molecule has 0 amide bonds. The Hall–Kier alpha value is -3.01. The van der Waals surface area contributed by atoms with Crippen LogP contribution in [0.15, 0.2) is 67.3 Å². The smallest absolute Gasteiger partial charge is 0.162 e. The first-order chi connectivity index (χ1) is 16.5. The second-order valence-electron chi connectivity index (χ2n) is 9.06. The molecule has 1 fully saturated rings. The summed E-state index contributed by atoms with van der Waals surface area (Å²) in [5.74, 6) is -0.687. The Kier molecular flexibility index (Phi) is 7.77. The Morgan fingerprint density at radius 2 is 1.62 bits per heavy atom. The van der Waals surface area contributed by atoms with Gasteiger partial charge in [0, 0.05) is 11.6 Å². The molecule has 0 radical (unpaired) electrons. The number of halogens is 3. The van der Waals surface area contributed by atoms with Gasteiger partial charge >= 0.3 is 0 Å². The van der Waals surface area contributed by atoms with Gasteiger partial charge < -0.3 is 4.74 Å². The first-order valence-corrected chi connectivity index (χ1v) is 12.1. The van der Waals surface area contributed by atoms with Crippen LogP contribution in [0, 0.1) is 23.4 Å². The van der Waals surface area contributed by atoms with E-state index in [-0.39, 0.29) is 11.7 Å². The predicted molar refractivity (Wildman–Crippen MR) is 132 cm³/mol. The molecule has 0 unspecified atom stereocenters. The van der Waals surface area contributed by atoms with Crippen molar-refractivity contribution in [3.05, 3.63) is 101 Å². The number of allylic oxidation sites excluding steroid dienone is 1. The van der Waals surface area contributed by atoms with Gasteiger partial charge in [-0.25, -0.2) is 13.2 Å². The molecule has 34 heavy (non-hydrogen) atoms. The van der Waals surface area contributed by atoms with Crippen LogP contribution < -0.4 is 4.74 Å². The summed E-state index contributed by atoms with van der Waals surface area (Å²) in [4.78, 5) is 0. The lowest BCUT2D eigenvalue weighted by Crippen LogP contribution is -2.14. The van der Waals surface area contributed by atoms with Gasteiger partial charge in [-0.2, -0.15) is 0 Å². The average molecular weight is 465 g/mol. The Morgan fingerprint density at radius 3 is 2.26 bits per heavy atom. The highest BCUT2D eigenvalue weighted by atomic mass is 19.2. The van der Waals surface area contributed by atoms with Gasteiger partial charge in [-0.1, -0.05) is 42.5 Å². The molecular formula is C30H31F3O. The highest BCUT2D eigenvalue weighted by Gasteiger charge is 2.25. The van der Waals surface area contributed by atoms with Gasteiger partial charge in [0.05, 0.1) is 6.61 Å². The van der Waals surface area contributed by atoms with Gasteiger partial charge in [-0.15, -0.1) is 6.58 Å². The lowest BCUT2D eigenvalue weighted by atomic mass is 9.78. The number of rotatable bonds is 8. The van der Waals surface area contributed by atoms with Gasteiger partial charge in [-0.3, -0.25) is 0 Å². The summed E-state index contributed by atoms with van der Waals surface area (Å²) in [7, 11) is 0. The normalized spacial score (nSPS) is 18.0. The fraction of sp³-hybridized carbons (Fsp3) is 0.333. The summed E-state index contributed by atoms with van der Waals surface area (Å²) < 4.78 is 49.5. The second-order valence-corrected chi connectivity index (χ2v) is 9.06. The maximum atomic E-state index is 14.9. The summed E-state index contributed by atoms with van der Waals surface area (Å²) in [6.07, 6.45) is 6.65. The molecular weight excluding hydrogens is 433 g/mol. The van der Waals surface area contributed by atoms with Gasteiger partial charge in [0.2, 0.25) is 0 Å². The van der Waals surface area contributed by atoms with Crippen LogP contribution in [0.3, 0.4) is 0 Å². The Bertz CT molecular complexity index is 1130. The molecule has 1 nitrogen and oxygen atoms in total. The first-order valence-electron chi connectivity index (χ1n) is 12.1. The predicted octanol–water partition coefficient (Wildman–Crippen LogP) is 8.41. The quantitative estimate of drug-likeness (QED) is 0.304. The zero-order valence-electron chi connectivity index (χ0n) is 19.6. The first kappa shape index (κ1) is 24.1. The molecule has 4 heteroatoms. The molecule has 0 aliphatic heterocycles. The molecule has 4 rings (SSSR count). The Morgan fingerprint density at radius 1 is 0.882 bits per heavy atom. The molecule has 0 heterocycles. The van der Waals surface area contributed by atoms with Crippen LogP contribution in [0.2, 0.25) is 0 Å². The van der Waals surface area contributed by atoms with Gasteiger partial charge in [0.1, 0.15) is 11.6 Å². The highest BCUT2D eigenvalue weighted by Crippen LogP contribution is 2.38. The lowest BCUT2D eigenvalue weighted by molar-refractivity contribution is 0.338. The third-order valence-electron chi connectivity index (χ3n) is 6.94. The van der Waals surface area contributed by atoms with Crippen LogP contribution in [0.25, 0.3) is 11.1 Å². The SMILES string of the molecule is C=CC1CCC(c2ccc(CCc3ccc(-c4ccc(OCC)cc4F)cc3)c(F)c2F)CC1. The van der Waals surface area contributed by atoms with E-state index in [1.54, 1.807) is 24.3 Å². The zero-order valence-corrected chi connectivity index (χ0v) is 19.6.